The average Bonchev–Trinajstić information content (AvgIpc) is 2.84. The van der Waals surface area contributed by atoms with Crippen molar-refractivity contribution in [3.05, 3.63) is 0 Å². The Morgan fingerprint density at radius 2 is 1.33 bits per heavy atom. The molecule has 1 heterocycles. The predicted octanol–water partition coefficient (Wildman–Crippen LogP) is 4.22. The molecule has 2 saturated carbocycles. The summed E-state index contributed by atoms with van der Waals surface area (Å²) < 4.78 is 5.99. The maximum absolute atomic E-state index is 11.7. The second kappa shape index (κ2) is 5.22. The molecule has 1 aliphatic heterocycles. The van der Waals surface area contributed by atoms with Crippen molar-refractivity contribution >= 4 is 5.97 Å². The van der Waals surface area contributed by atoms with E-state index in [0.29, 0.717) is 18.3 Å². The molecule has 0 radical (unpaired) electrons. The van der Waals surface area contributed by atoms with Gasteiger partial charge >= 0.3 is 5.97 Å². The Hall–Kier alpha value is -0.530. The quantitative estimate of drug-likeness (QED) is 0.686. The van der Waals surface area contributed by atoms with Gasteiger partial charge in [-0.2, -0.15) is 0 Å². The molecule has 0 aromatic heterocycles. The van der Waals surface area contributed by atoms with Crippen molar-refractivity contribution in [2.45, 2.75) is 82.7 Å². The summed E-state index contributed by atoms with van der Waals surface area (Å²) in [5.74, 6) is 1.41. The number of hydrogen-bond donors (Lipinski definition) is 0. The van der Waals surface area contributed by atoms with Gasteiger partial charge in [-0.25, -0.2) is 0 Å². The Balaban J connectivity index is 1.80. The van der Waals surface area contributed by atoms with Crippen LogP contribution in [0.3, 0.4) is 0 Å². The second-order valence-electron chi connectivity index (χ2n) is 6.60. The third-order valence-electron chi connectivity index (χ3n) is 5.62. The molecular weight excluding hydrogens is 224 g/mol. The molecule has 2 heteroatoms. The van der Waals surface area contributed by atoms with Crippen molar-refractivity contribution in [1.82, 2.24) is 0 Å². The summed E-state index contributed by atoms with van der Waals surface area (Å²) in [6, 6.07) is 0. The monoisotopic (exact) mass is 250 g/mol. The van der Waals surface area contributed by atoms with Gasteiger partial charge in [0, 0.05) is 6.42 Å². The van der Waals surface area contributed by atoms with Gasteiger partial charge in [-0.05, 0) is 43.9 Å². The van der Waals surface area contributed by atoms with E-state index >= 15 is 0 Å². The summed E-state index contributed by atoms with van der Waals surface area (Å²) in [6.45, 7) is 0. The molecule has 3 fully saturated rings. The first-order chi connectivity index (χ1) is 8.81. The van der Waals surface area contributed by atoms with Crippen LogP contribution in [0.25, 0.3) is 0 Å². The third-order valence-corrected chi connectivity index (χ3v) is 5.62. The normalized spacial score (nSPS) is 30.3. The standard InChI is InChI=1S/C16H26O2/c17-15-11-12-16(18-15,13-7-3-1-4-8-13)14-9-5-2-6-10-14/h13-14H,1-12H2. The number of carbonyl (C=O) groups is 1. The van der Waals surface area contributed by atoms with Crippen LogP contribution in [0.15, 0.2) is 0 Å². The molecule has 0 bridgehead atoms. The van der Waals surface area contributed by atoms with Gasteiger partial charge in [0.15, 0.2) is 0 Å². The van der Waals surface area contributed by atoms with E-state index in [0.717, 1.165) is 6.42 Å². The molecular formula is C16H26O2. The Kier molecular flexibility index (Phi) is 3.63. The first-order valence-electron chi connectivity index (χ1n) is 8.03. The molecule has 0 unspecified atom stereocenters. The fourth-order valence-electron chi connectivity index (χ4n) is 4.70. The summed E-state index contributed by atoms with van der Waals surface area (Å²) in [6.07, 6.45) is 15.0. The summed E-state index contributed by atoms with van der Waals surface area (Å²) in [4.78, 5) is 11.7. The van der Waals surface area contributed by atoms with Gasteiger partial charge in [0.1, 0.15) is 5.60 Å². The first kappa shape index (κ1) is 12.5. The molecule has 2 nitrogen and oxygen atoms in total. The van der Waals surface area contributed by atoms with Crippen LogP contribution in [0.4, 0.5) is 0 Å². The number of esters is 1. The zero-order chi connectivity index (χ0) is 12.4. The van der Waals surface area contributed by atoms with Gasteiger partial charge < -0.3 is 4.74 Å². The lowest BCUT2D eigenvalue weighted by atomic mass is 9.65. The minimum Gasteiger partial charge on any atom is -0.458 e. The Labute approximate surface area is 110 Å². The van der Waals surface area contributed by atoms with Crippen molar-refractivity contribution in [1.29, 1.82) is 0 Å². The number of hydrogen-bond acceptors (Lipinski definition) is 2. The maximum Gasteiger partial charge on any atom is 0.306 e. The molecule has 0 aromatic rings. The van der Waals surface area contributed by atoms with Gasteiger partial charge in [0.05, 0.1) is 0 Å². The second-order valence-corrected chi connectivity index (χ2v) is 6.60. The van der Waals surface area contributed by atoms with Crippen LogP contribution in [0.5, 0.6) is 0 Å². The minimum atomic E-state index is -0.0437. The lowest BCUT2D eigenvalue weighted by molar-refractivity contribution is -0.163. The molecule has 0 aromatic carbocycles. The van der Waals surface area contributed by atoms with Crippen LogP contribution in [-0.4, -0.2) is 11.6 Å². The smallest absolute Gasteiger partial charge is 0.306 e. The van der Waals surface area contributed by atoms with Crippen molar-refractivity contribution < 1.29 is 9.53 Å². The van der Waals surface area contributed by atoms with Crippen LogP contribution in [0.1, 0.15) is 77.0 Å². The molecule has 1 saturated heterocycles. The van der Waals surface area contributed by atoms with Crippen LogP contribution in [0.2, 0.25) is 0 Å². The lowest BCUT2D eigenvalue weighted by Gasteiger charge is -2.45. The fourth-order valence-corrected chi connectivity index (χ4v) is 4.70. The number of cyclic esters (lactones) is 1. The van der Waals surface area contributed by atoms with Crippen molar-refractivity contribution in [3.63, 3.8) is 0 Å². The first-order valence-corrected chi connectivity index (χ1v) is 8.03. The summed E-state index contributed by atoms with van der Waals surface area (Å²) in [5.41, 5.74) is -0.0437. The zero-order valence-electron chi connectivity index (χ0n) is 11.5. The van der Waals surface area contributed by atoms with E-state index in [1.165, 1.54) is 64.2 Å². The van der Waals surface area contributed by atoms with Gasteiger partial charge in [0.2, 0.25) is 0 Å². The van der Waals surface area contributed by atoms with Crippen molar-refractivity contribution in [2.24, 2.45) is 11.8 Å². The van der Waals surface area contributed by atoms with Crippen LogP contribution in [0, 0.1) is 11.8 Å². The molecule has 3 rings (SSSR count). The van der Waals surface area contributed by atoms with E-state index < -0.39 is 0 Å². The maximum atomic E-state index is 11.7. The topological polar surface area (TPSA) is 26.3 Å². The summed E-state index contributed by atoms with van der Waals surface area (Å²) in [7, 11) is 0. The summed E-state index contributed by atoms with van der Waals surface area (Å²) in [5, 5.41) is 0. The number of carbonyl (C=O) groups excluding carboxylic acids is 1. The van der Waals surface area contributed by atoms with E-state index in [9.17, 15) is 4.79 Å². The van der Waals surface area contributed by atoms with Crippen LogP contribution >= 0.6 is 0 Å². The van der Waals surface area contributed by atoms with E-state index in [4.69, 9.17) is 4.74 Å². The molecule has 0 amide bonds. The molecule has 0 spiro atoms. The average molecular weight is 250 g/mol. The van der Waals surface area contributed by atoms with Gasteiger partial charge in [-0.1, -0.05) is 38.5 Å². The number of ether oxygens (including phenoxy) is 1. The predicted molar refractivity (Wildman–Crippen MR) is 71.2 cm³/mol. The highest BCUT2D eigenvalue weighted by Crippen LogP contribution is 2.50. The fraction of sp³-hybridized carbons (Fsp3) is 0.938. The molecule has 102 valence electrons. The molecule has 0 N–H and O–H groups in total. The molecule has 3 aliphatic rings. The Morgan fingerprint density at radius 1 is 0.833 bits per heavy atom. The van der Waals surface area contributed by atoms with E-state index in [2.05, 4.69) is 0 Å². The highest BCUT2D eigenvalue weighted by atomic mass is 16.6. The van der Waals surface area contributed by atoms with Crippen molar-refractivity contribution in [2.75, 3.05) is 0 Å². The van der Waals surface area contributed by atoms with E-state index in [-0.39, 0.29) is 11.6 Å². The highest BCUT2D eigenvalue weighted by Gasteiger charge is 2.51. The highest BCUT2D eigenvalue weighted by molar-refractivity contribution is 5.72. The van der Waals surface area contributed by atoms with Gasteiger partial charge in [-0.3, -0.25) is 4.79 Å². The lowest BCUT2D eigenvalue weighted by Crippen LogP contribution is -2.46. The van der Waals surface area contributed by atoms with Crippen molar-refractivity contribution in [3.8, 4) is 0 Å². The largest absolute Gasteiger partial charge is 0.458 e. The van der Waals surface area contributed by atoms with Crippen LogP contribution < -0.4 is 0 Å². The number of rotatable bonds is 2. The SMILES string of the molecule is O=C1CCC(C2CCCCC2)(C2CCCCC2)O1. The summed E-state index contributed by atoms with van der Waals surface area (Å²) >= 11 is 0. The van der Waals surface area contributed by atoms with E-state index in [1.54, 1.807) is 0 Å². The molecule has 0 atom stereocenters. The Bertz CT molecular complexity index is 280. The van der Waals surface area contributed by atoms with Crippen LogP contribution in [-0.2, 0) is 9.53 Å². The molecule has 18 heavy (non-hydrogen) atoms. The third kappa shape index (κ3) is 2.19. The van der Waals surface area contributed by atoms with Gasteiger partial charge in [-0.15, -0.1) is 0 Å². The molecule has 2 aliphatic carbocycles. The Morgan fingerprint density at radius 3 is 1.72 bits per heavy atom. The van der Waals surface area contributed by atoms with E-state index in [1.807, 2.05) is 0 Å². The van der Waals surface area contributed by atoms with Gasteiger partial charge in [0.25, 0.3) is 0 Å². The minimum absolute atomic E-state index is 0.0437. The zero-order valence-corrected chi connectivity index (χ0v) is 11.5.